The Morgan fingerprint density at radius 1 is 1.06 bits per heavy atom. The van der Waals surface area contributed by atoms with Crippen LogP contribution in [-0.4, -0.2) is 43.6 Å². The van der Waals surface area contributed by atoms with Gasteiger partial charge in [-0.2, -0.15) is 0 Å². The fraction of sp³-hybridized carbons (Fsp3) is 0.393. The number of nitrogens with two attached hydrogens (primary N) is 1. The fourth-order valence-corrected chi connectivity index (χ4v) is 5.24. The number of nitrogen functional groups attached to an aromatic ring is 1. The predicted octanol–water partition coefficient (Wildman–Crippen LogP) is 3.71. The molecule has 0 saturated carbocycles. The summed E-state index contributed by atoms with van der Waals surface area (Å²) in [6, 6.07) is 14.9. The van der Waals surface area contributed by atoms with Gasteiger partial charge >= 0.3 is 0 Å². The number of fused-ring (bicyclic) bond motifs is 1. The third kappa shape index (κ3) is 5.04. The van der Waals surface area contributed by atoms with E-state index in [-0.39, 0.29) is 17.3 Å². The Morgan fingerprint density at radius 2 is 1.78 bits per heavy atom. The number of nitrogens with zero attached hydrogens (tertiary/aromatic N) is 5. The van der Waals surface area contributed by atoms with Crippen LogP contribution in [0.1, 0.15) is 35.5 Å². The Bertz CT molecular complexity index is 1420. The fourth-order valence-electron chi connectivity index (χ4n) is 5.24. The number of likely N-dealkylation sites (tertiary alicyclic amines) is 1. The van der Waals surface area contributed by atoms with Gasteiger partial charge in [0.05, 0.1) is 11.0 Å². The molecule has 1 aliphatic rings. The minimum atomic E-state index is -0.218. The van der Waals surface area contributed by atoms with Crippen LogP contribution in [0.5, 0.6) is 0 Å². The van der Waals surface area contributed by atoms with Crippen LogP contribution in [0.3, 0.4) is 0 Å². The zero-order chi connectivity index (χ0) is 25.2. The van der Waals surface area contributed by atoms with Gasteiger partial charge in [0, 0.05) is 37.8 Å². The van der Waals surface area contributed by atoms with Crippen LogP contribution in [0.15, 0.2) is 53.3 Å². The molecule has 1 aliphatic heterocycles. The minimum Gasteiger partial charge on any atom is -0.369 e. The van der Waals surface area contributed by atoms with Gasteiger partial charge in [-0.3, -0.25) is 9.36 Å². The molecule has 188 valence electrons. The average Bonchev–Trinajstić information content (AvgIpc) is 3.21. The molecule has 7 nitrogen and oxygen atoms in total. The van der Waals surface area contributed by atoms with Gasteiger partial charge in [-0.05, 0) is 75.0 Å². The van der Waals surface area contributed by atoms with Crippen molar-refractivity contribution in [2.75, 3.05) is 25.4 Å². The maximum Gasteiger partial charge on any atom is 0.258 e. The monoisotopic (exact) mass is 488 g/mol. The molecule has 2 N–H and O–H groups in total. The highest BCUT2D eigenvalue weighted by Crippen LogP contribution is 2.25. The van der Waals surface area contributed by atoms with Gasteiger partial charge in [-0.25, -0.2) is 14.4 Å². The number of hydrogen-bond donors (Lipinski definition) is 1. The molecule has 0 amide bonds. The number of piperidine rings is 1. The van der Waals surface area contributed by atoms with E-state index in [2.05, 4.69) is 26.6 Å². The number of para-hydroxylation sites is 2. The summed E-state index contributed by atoms with van der Waals surface area (Å²) in [7, 11) is 1.67. The SMILES string of the molecule is Cc1nc(N)n(C)c(=O)c1CCN1CCC(Cc2nc3ccccc3n2Cc2ccc(F)cc2)CC1. The van der Waals surface area contributed by atoms with E-state index < -0.39 is 0 Å². The molecule has 0 atom stereocenters. The lowest BCUT2D eigenvalue weighted by Crippen LogP contribution is -2.37. The molecule has 1 saturated heterocycles. The summed E-state index contributed by atoms with van der Waals surface area (Å²) in [5.41, 5.74) is 10.4. The van der Waals surface area contributed by atoms with Gasteiger partial charge in [0.15, 0.2) is 0 Å². The first-order valence-corrected chi connectivity index (χ1v) is 12.6. The zero-order valence-corrected chi connectivity index (χ0v) is 21.0. The Balaban J connectivity index is 1.24. The second kappa shape index (κ2) is 10.2. The molecule has 2 aromatic carbocycles. The Kier molecular flexibility index (Phi) is 6.87. The second-order valence-electron chi connectivity index (χ2n) is 9.87. The first kappa shape index (κ1) is 24.2. The standard InChI is InChI=1S/C28H33FN6O/c1-19-23(27(36)33(2)28(30)31-19)13-16-34-14-11-20(12-15-34)17-26-32-24-5-3-4-6-25(24)35(26)18-21-7-9-22(29)10-8-21/h3-10,20H,11-18H2,1-2H3,(H2,30,31). The number of imidazole rings is 1. The van der Waals surface area contributed by atoms with Crippen molar-refractivity contribution in [2.45, 2.75) is 39.2 Å². The molecular weight excluding hydrogens is 455 g/mol. The maximum absolute atomic E-state index is 13.4. The third-order valence-corrected chi connectivity index (χ3v) is 7.47. The molecule has 0 radical (unpaired) electrons. The van der Waals surface area contributed by atoms with E-state index in [0.717, 1.165) is 72.6 Å². The van der Waals surface area contributed by atoms with E-state index in [1.165, 1.54) is 16.7 Å². The molecule has 5 rings (SSSR count). The van der Waals surface area contributed by atoms with Crippen LogP contribution in [0.25, 0.3) is 11.0 Å². The Morgan fingerprint density at radius 3 is 2.53 bits per heavy atom. The topological polar surface area (TPSA) is 82.0 Å². The van der Waals surface area contributed by atoms with E-state index >= 15 is 0 Å². The van der Waals surface area contributed by atoms with Crippen LogP contribution >= 0.6 is 0 Å². The quantitative estimate of drug-likeness (QED) is 0.429. The van der Waals surface area contributed by atoms with E-state index in [9.17, 15) is 9.18 Å². The smallest absolute Gasteiger partial charge is 0.258 e. The van der Waals surface area contributed by atoms with Crippen molar-refractivity contribution in [3.63, 3.8) is 0 Å². The molecule has 2 aromatic heterocycles. The van der Waals surface area contributed by atoms with Crippen LogP contribution in [0.2, 0.25) is 0 Å². The van der Waals surface area contributed by atoms with Gasteiger partial charge < -0.3 is 15.2 Å². The lowest BCUT2D eigenvalue weighted by Gasteiger charge is -2.32. The number of aromatic nitrogens is 4. The lowest BCUT2D eigenvalue weighted by molar-refractivity contribution is 0.184. The molecule has 0 aliphatic carbocycles. The van der Waals surface area contributed by atoms with Gasteiger partial charge in [0.2, 0.25) is 5.95 Å². The number of rotatable bonds is 7. The van der Waals surface area contributed by atoms with E-state index in [4.69, 9.17) is 10.7 Å². The summed E-state index contributed by atoms with van der Waals surface area (Å²) in [4.78, 5) is 24.3. The zero-order valence-electron chi connectivity index (χ0n) is 21.0. The van der Waals surface area contributed by atoms with E-state index in [1.807, 2.05) is 31.2 Å². The van der Waals surface area contributed by atoms with Crippen molar-refractivity contribution in [3.05, 3.63) is 87.3 Å². The first-order valence-electron chi connectivity index (χ1n) is 12.6. The Hall–Kier alpha value is -3.52. The highest BCUT2D eigenvalue weighted by molar-refractivity contribution is 5.76. The number of halogens is 1. The van der Waals surface area contributed by atoms with Crippen LogP contribution < -0.4 is 11.3 Å². The van der Waals surface area contributed by atoms with Crippen LogP contribution in [0, 0.1) is 18.7 Å². The summed E-state index contributed by atoms with van der Waals surface area (Å²) in [6.45, 7) is 5.39. The molecular formula is C28H33FN6O. The van der Waals surface area contributed by atoms with E-state index in [0.29, 0.717) is 18.9 Å². The molecule has 36 heavy (non-hydrogen) atoms. The molecule has 0 unspecified atom stereocenters. The average molecular weight is 489 g/mol. The van der Waals surface area contributed by atoms with Crippen molar-refractivity contribution in [1.82, 2.24) is 24.0 Å². The number of hydrogen-bond acceptors (Lipinski definition) is 5. The molecule has 1 fully saturated rings. The molecule has 0 bridgehead atoms. The van der Waals surface area contributed by atoms with Gasteiger partial charge in [-0.1, -0.05) is 24.3 Å². The van der Waals surface area contributed by atoms with E-state index in [1.54, 1.807) is 7.05 Å². The van der Waals surface area contributed by atoms with Gasteiger partial charge in [0.25, 0.3) is 5.56 Å². The second-order valence-corrected chi connectivity index (χ2v) is 9.87. The van der Waals surface area contributed by atoms with Crippen molar-refractivity contribution in [2.24, 2.45) is 13.0 Å². The van der Waals surface area contributed by atoms with Crippen LogP contribution in [0.4, 0.5) is 10.3 Å². The highest BCUT2D eigenvalue weighted by Gasteiger charge is 2.23. The summed E-state index contributed by atoms with van der Waals surface area (Å²) >= 11 is 0. The third-order valence-electron chi connectivity index (χ3n) is 7.47. The van der Waals surface area contributed by atoms with Crippen molar-refractivity contribution < 1.29 is 4.39 Å². The summed E-state index contributed by atoms with van der Waals surface area (Å²) in [5, 5.41) is 0. The van der Waals surface area contributed by atoms with Crippen molar-refractivity contribution >= 4 is 17.0 Å². The van der Waals surface area contributed by atoms with Gasteiger partial charge in [0.1, 0.15) is 11.6 Å². The normalized spacial score (nSPS) is 15.1. The number of benzene rings is 2. The minimum absolute atomic E-state index is 0.0463. The predicted molar refractivity (Wildman–Crippen MR) is 140 cm³/mol. The summed E-state index contributed by atoms with van der Waals surface area (Å²) in [5.74, 6) is 1.68. The van der Waals surface area contributed by atoms with Crippen LogP contribution in [-0.2, 0) is 26.4 Å². The van der Waals surface area contributed by atoms with Gasteiger partial charge in [-0.15, -0.1) is 0 Å². The molecule has 8 heteroatoms. The van der Waals surface area contributed by atoms with Crippen molar-refractivity contribution in [1.29, 1.82) is 0 Å². The summed E-state index contributed by atoms with van der Waals surface area (Å²) < 4.78 is 17.1. The van der Waals surface area contributed by atoms with Crippen molar-refractivity contribution in [3.8, 4) is 0 Å². The number of aryl methyl sites for hydroxylation is 1. The maximum atomic E-state index is 13.4. The lowest BCUT2D eigenvalue weighted by atomic mass is 9.93. The summed E-state index contributed by atoms with van der Waals surface area (Å²) in [6.07, 6.45) is 3.79. The largest absolute Gasteiger partial charge is 0.369 e. The highest BCUT2D eigenvalue weighted by atomic mass is 19.1. The Labute approximate surface area is 210 Å². The number of anilines is 1. The first-order chi connectivity index (χ1) is 17.4. The molecule has 4 aromatic rings. The molecule has 0 spiro atoms. The molecule has 3 heterocycles.